The zero-order chi connectivity index (χ0) is 16.1. The summed E-state index contributed by atoms with van der Waals surface area (Å²) in [6.07, 6.45) is 0.890. The number of hydrogen-bond donors (Lipinski definition) is 2. The summed E-state index contributed by atoms with van der Waals surface area (Å²) < 4.78 is 1.81. The number of nitrogens with zero attached hydrogens (tertiary/aromatic N) is 2. The van der Waals surface area contributed by atoms with Crippen LogP contribution < -0.4 is 10.9 Å². The Bertz CT molecular complexity index is 677. The van der Waals surface area contributed by atoms with E-state index in [4.69, 9.17) is 0 Å². The number of benzene rings is 1. The molecule has 0 bridgehead atoms. The number of aromatic nitrogens is 2. The molecule has 0 radical (unpaired) electrons. The molecule has 0 spiro atoms. The third-order valence-corrected chi connectivity index (χ3v) is 3.61. The predicted molar refractivity (Wildman–Crippen MR) is 83.1 cm³/mol. The molecule has 1 aromatic carbocycles. The quantitative estimate of drug-likeness (QED) is 0.839. The lowest BCUT2D eigenvalue weighted by molar-refractivity contribution is -0.121. The first-order chi connectivity index (χ1) is 10.5. The molecule has 0 atom stereocenters. The molecule has 2 rings (SSSR count). The third kappa shape index (κ3) is 3.72. The molecule has 1 heterocycles. The lowest BCUT2D eigenvalue weighted by Gasteiger charge is -2.07. The van der Waals surface area contributed by atoms with Gasteiger partial charge in [0.2, 0.25) is 5.91 Å². The fourth-order valence-electron chi connectivity index (χ4n) is 2.27. The Morgan fingerprint density at radius 3 is 2.41 bits per heavy atom. The van der Waals surface area contributed by atoms with Crippen LogP contribution in [0.5, 0.6) is 0 Å². The Hall–Kier alpha value is -2.63. The Balaban J connectivity index is 1.82. The van der Waals surface area contributed by atoms with E-state index in [2.05, 4.69) is 16.0 Å². The van der Waals surface area contributed by atoms with Crippen molar-refractivity contribution in [3.63, 3.8) is 0 Å². The van der Waals surface area contributed by atoms with E-state index in [1.165, 1.54) is 0 Å². The van der Waals surface area contributed by atoms with Crippen molar-refractivity contribution in [2.75, 3.05) is 0 Å². The molecule has 0 aliphatic carbocycles. The summed E-state index contributed by atoms with van der Waals surface area (Å²) in [5, 5.41) is 4.32. The van der Waals surface area contributed by atoms with Gasteiger partial charge in [-0.1, -0.05) is 18.2 Å². The summed E-state index contributed by atoms with van der Waals surface area (Å²) >= 11 is 0. The molecule has 0 fully saturated rings. The first-order valence-electron chi connectivity index (χ1n) is 7.12. The molecular weight excluding hydrogens is 280 g/mol. The summed E-state index contributed by atoms with van der Waals surface area (Å²) in [6, 6.07) is 8.73. The molecule has 6 nitrogen and oxygen atoms in total. The van der Waals surface area contributed by atoms with E-state index in [9.17, 15) is 9.59 Å². The summed E-state index contributed by atoms with van der Waals surface area (Å²) in [5.74, 6) is -0.561. The molecule has 0 saturated heterocycles. The second kappa shape index (κ2) is 6.89. The Labute approximate surface area is 129 Å². The van der Waals surface area contributed by atoms with E-state index >= 15 is 0 Å². The number of rotatable bonds is 4. The van der Waals surface area contributed by atoms with Crippen LogP contribution in [0, 0.1) is 13.8 Å². The van der Waals surface area contributed by atoms with Gasteiger partial charge in [-0.15, -0.1) is 0 Å². The third-order valence-electron chi connectivity index (χ3n) is 3.61. The summed E-state index contributed by atoms with van der Waals surface area (Å²) in [7, 11) is 1.88. The number of aryl methyl sites for hydroxylation is 2. The highest BCUT2D eigenvalue weighted by molar-refractivity contribution is 5.95. The van der Waals surface area contributed by atoms with Gasteiger partial charge >= 0.3 is 0 Å². The molecule has 0 saturated carbocycles. The van der Waals surface area contributed by atoms with Gasteiger partial charge in [0.15, 0.2) is 0 Å². The van der Waals surface area contributed by atoms with Crippen molar-refractivity contribution in [1.29, 1.82) is 0 Å². The molecule has 0 unspecified atom stereocenters. The molecule has 2 aromatic rings. The average Bonchev–Trinajstić information content (AvgIpc) is 2.76. The van der Waals surface area contributed by atoms with Crippen LogP contribution in [-0.2, 0) is 18.3 Å². The summed E-state index contributed by atoms with van der Waals surface area (Å²) in [4.78, 5) is 23.6. The van der Waals surface area contributed by atoms with Gasteiger partial charge in [-0.25, -0.2) is 0 Å². The summed E-state index contributed by atoms with van der Waals surface area (Å²) in [6.45, 7) is 3.90. The number of carbonyl (C=O) groups excluding carboxylic acids is 2. The first kappa shape index (κ1) is 15.8. The second-order valence-electron chi connectivity index (χ2n) is 5.14. The lowest BCUT2D eigenvalue weighted by atomic mass is 10.1. The van der Waals surface area contributed by atoms with Gasteiger partial charge in [0, 0.05) is 24.7 Å². The zero-order valence-corrected chi connectivity index (χ0v) is 13.0. The molecule has 6 heteroatoms. The number of hydrogen-bond acceptors (Lipinski definition) is 3. The van der Waals surface area contributed by atoms with Crippen LogP contribution in [0.1, 0.15) is 33.7 Å². The SMILES string of the molecule is Cc1nn(C)c(C)c1CCC(=O)NNC(=O)c1ccccc1. The minimum Gasteiger partial charge on any atom is -0.273 e. The fourth-order valence-corrected chi connectivity index (χ4v) is 2.27. The van der Waals surface area contributed by atoms with Crippen molar-refractivity contribution in [2.24, 2.45) is 7.05 Å². The topological polar surface area (TPSA) is 76.0 Å². The smallest absolute Gasteiger partial charge is 0.269 e. The second-order valence-corrected chi connectivity index (χ2v) is 5.14. The molecule has 22 heavy (non-hydrogen) atoms. The van der Waals surface area contributed by atoms with Crippen LogP contribution >= 0.6 is 0 Å². The highest BCUT2D eigenvalue weighted by Crippen LogP contribution is 2.13. The normalized spacial score (nSPS) is 10.3. The number of nitrogens with one attached hydrogen (secondary N) is 2. The van der Waals surface area contributed by atoms with Crippen LogP contribution in [0.3, 0.4) is 0 Å². The highest BCUT2D eigenvalue weighted by Gasteiger charge is 2.12. The Morgan fingerprint density at radius 2 is 1.82 bits per heavy atom. The Morgan fingerprint density at radius 1 is 1.14 bits per heavy atom. The molecule has 0 aliphatic heterocycles. The Kier molecular flexibility index (Phi) is 4.93. The predicted octanol–water partition coefficient (Wildman–Crippen LogP) is 1.43. The molecule has 0 aliphatic rings. The van der Waals surface area contributed by atoms with Gasteiger partial charge in [-0.2, -0.15) is 5.10 Å². The maximum atomic E-state index is 11.8. The maximum Gasteiger partial charge on any atom is 0.269 e. The van der Waals surface area contributed by atoms with Crippen LogP contribution in [0.4, 0.5) is 0 Å². The van der Waals surface area contributed by atoms with E-state index in [0.29, 0.717) is 18.4 Å². The fraction of sp³-hybridized carbons (Fsp3) is 0.312. The van der Waals surface area contributed by atoms with Crippen LogP contribution in [0.2, 0.25) is 0 Å². The van der Waals surface area contributed by atoms with Gasteiger partial charge < -0.3 is 0 Å². The van der Waals surface area contributed by atoms with Crippen molar-refractivity contribution in [1.82, 2.24) is 20.6 Å². The highest BCUT2D eigenvalue weighted by atomic mass is 16.2. The average molecular weight is 300 g/mol. The van der Waals surface area contributed by atoms with Crippen molar-refractivity contribution in [3.8, 4) is 0 Å². The van der Waals surface area contributed by atoms with Gasteiger partial charge in [0.25, 0.3) is 5.91 Å². The monoisotopic (exact) mass is 300 g/mol. The number of carbonyl (C=O) groups is 2. The van der Waals surface area contributed by atoms with E-state index < -0.39 is 0 Å². The van der Waals surface area contributed by atoms with Gasteiger partial charge in [0.05, 0.1) is 5.69 Å². The van der Waals surface area contributed by atoms with Gasteiger partial charge in [0.1, 0.15) is 0 Å². The zero-order valence-electron chi connectivity index (χ0n) is 13.0. The first-order valence-corrected chi connectivity index (χ1v) is 7.12. The van der Waals surface area contributed by atoms with Crippen molar-refractivity contribution in [3.05, 3.63) is 52.8 Å². The minimum atomic E-state index is -0.331. The minimum absolute atomic E-state index is 0.230. The van der Waals surface area contributed by atoms with Crippen molar-refractivity contribution >= 4 is 11.8 Å². The molecular formula is C16H20N4O2. The van der Waals surface area contributed by atoms with E-state index in [0.717, 1.165) is 17.0 Å². The lowest BCUT2D eigenvalue weighted by Crippen LogP contribution is -2.41. The maximum absolute atomic E-state index is 11.8. The van der Waals surface area contributed by atoms with Gasteiger partial charge in [-0.05, 0) is 38.0 Å². The number of amides is 2. The molecule has 2 amide bonds. The van der Waals surface area contributed by atoms with E-state index in [-0.39, 0.29) is 11.8 Å². The van der Waals surface area contributed by atoms with E-state index in [1.807, 2.05) is 27.0 Å². The summed E-state index contributed by atoms with van der Waals surface area (Å²) in [5.41, 5.74) is 8.40. The van der Waals surface area contributed by atoms with Crippen molar-refractivity contribution in [2.45, 2.75) is 26.7 Å². The van der Waals surface area contributed by atoms with Crippen molar-refractivity contribution < 1.29 is 9.59 Å². The van der Waals surface area contributed by atoms with Crippen LogP contribution in [-0.4, -0.2) is 21.6 Å². The van der Waals surface area contributed by atoms with E-state index in [1.54, 1.807) is 28.9 Å². The van der Waals surface area contributed by atoms with Crippen LogP contribution in [0.25, 0.3) is 0 Å². The van der Waals surface area contributed by atoms with Crippen LogP contribution in [0.15, 0.2) is 30.3 Å². The molecule has 2 N–H and O–H groups in total. The standard InChI is InChI=1S/C16H20N4O2/c1-11-14(12(2)20(3)19-11)9-10-15(21)17-18-16(22)13-7-5-4-6-8-13/h4-8H,9-10H2,1-3H3,(H,17,21)(H,18,22). The number of hydrazine groups is 1. The largest absolute Gasteiger partial charge is 0.273 e. The molecule has 1 aromatic heterocycles. The molecule has 116 valence electrons. The van der Waals surface area contributed by atoms with Gasteiger partial charge in [-0.3, -0.25) is 25.1 Å².